The minimum atomic E-state index is -3.82. The summed E-state index contributed by atoms with van der Waals surface area (Å²) in [7, 11) is -3.82. The van der Waals surface area contributed by atoms with Gasteiger partial charge >= 0.3 is 5.97 Å². The topological polar surface area (TPSA) is 96.4 Å². The van der Waals surface area contributed by atoms with Gasteiger partial charge in [-0.05, 0) is 41.1 Å². The van der Waals surface area contributed by atoms with Crippen LogP contribution < -0.4 is 4.72 Å². The minimum Gasteiger partial charge on any atom is -0.478 e. The largest absolute Gasteiger partial charge is 0.478 e. The monoisotopic (exact) mass is 390 g/mol. The number of halogens is 1. The van der Waals surface area contributed by atoms with Crippen molar-refractivity contribution in [1.82, 2.24) is 9.71 Å². The number of carboxylic acid groups (broad SMARTS) is 1. The van der Waals surface area contributed by atoms with Gasteiger partial charge in [0.1, 0.15) is 0 Å². The molecule has 0 unspecified atom stereocenters. The van der Waals surface area contributed by atoms with Gasteiger partial charge in [0.15, 0.2) is 0 Å². The number of aryl methyl sites for hydroxylation is 1. The first-order valence-electron chi connectivity index (χ1n) is 5.73. The molecule has 2 rings (SSSR count). The van der Waals surface area contributed by atoms with E-state index in [4.69, 9.17) is 5.11 Å². The van der Waals surface area contributed by atoms with E-state index >= 15 is 0 Å². The molecule has 0 fully saturated rings. The van der Waals surface area contributed by atoms with Crippen molar-refractivity contribution in [2.75, 3.05) is 0 Å². The molecule has 0 saturated carbocycles. The first-order chi connectivity index (χ1) is 9.81. The van der Waals surface area contributed by atoms with Crippen LogP contribution in [0.3, 0.4) is 0 Å². The van der Waals surface area contributed by atoms with E-state index < -0.39 is 16.0 Å². The standard InChI is InChI=1S/C12H11BrN2O4S2/c1-7-10(20-6-14-7)5-15-21(18,19)11-4-8(12(16)17)2-3-9(11)13/h2-4,6,15H,5H2,1H3,(H,16,17). The van der Waals surface area contributed by atoms with Crippen LogP contribution in [0.4, 0.5) is 0 Å². The van der Waals surface area contributed by atoms with E-state index in [0.29, 0.717) is 4.47 Å². The summed E-state index contributed by atoms with van der Waals surface area (Å²) in [6.45, 7) is 1.91. The van der Waals surface area contributed by atoms with Crippen molar-refractivity contribution in [2.24, 2.45) is 0 Å². The van der Waals surface area contributed by atoms with Crippen molar-refractivity contribution in [3.63, 3.8) is 0 Å². The van der Waals surface area contributed by atoms with Gasteiger partial charge in [-0.15, -0.1) is 11.3 Å². The van der Waals surface area contributed by atoms with E-state index in [-0.39, 0.29) is 17.0 Å². The third-order valence-electron chi connectivity index (χ3n) is 2.74. The molecule has 0 atom stereocenters. The summed E-state index contributed by atoms with van der Waals surface area (Å²) in [6, 6.07) is 3.85. The third-order valence-corrected chi connectivity index (χ3v) is 6.07. The van der Waals surface area contributed by atoms with Crippen LogP contribution in [-0.4, -0.2) is 24.5 Å². The summed E-state index contributed by atoms with van der Waals surface area (Å²) >= 11 is 4.48. The molecule has 6 nitrogen and oxygen atoms in total. The van der Waals surface area contributed by atoms with E-state index in [1.165, 1.54) is 23.5 Å². The van der Waals surface area contributed by atoms with Gasteiger partial charge in [0.25, 0.3) is 0 Å². The number of carboxylic acids is 1. The number of sulfonamides is 1. The Morgan fingerprint density at radius 2 is 2.19 bits per heavy atom. The van der Waals surface area contributed by atoms with E-state index in [1.807, 2.05) is 0 Å². The van der Waals surface area contributed by atoms with Gasteiger partial charge < -0.3 is 5.11 Å². The Kier molecular flexibility index (Phi) is 4.77. The Morgan fingerprint density at radius 3 is 2.76 bits per heavy atom. The van der Waals surface area contributed by atoms with Crippen molar-refractivity contribution in [1.29, 1.82) is 0 Å². The minimum absolute atomic E-state index is 0.0902. The smallest absolute Gasteiger partial charge is 0.335 e. The van der Waals surface area contributed by atoms with Crippen LogP contribution in [0.2, 0.25) is 0 Å². The van der Waals surface area contributed by atoms with Crippen molar-refractivity contribution < 1.29 is 18.3 Å². The van der Waals surface area contributed by atoms with Gasteiger partial charge in [0, 0.05) is 15.9 Å². The molecule has 2 aromatic rings. The van der Waals surface area contributed by atoms with Crippen LogP contribution in [0, 0.1) is 6.92 Å². The Hall–Kier alpha value is -1.29. The number of thiazole rings is 1. The molecule has 9 heteroatoms. The lowest BCUT2D eigenvalue weighted by Crippen LogP contribution is -2.24. The maximum Gasteiger partial charge on any atom is 0.335 e. The van der Waals surface area contributed by atoms with Crippen LogP contribution in [-0.2, 0) is 16.6 Å². The molecule has 21 heavy (non-hydrogen) atoms. The fourth-order valence-corrected chi connectivity index (χ4v) is 4.37. The number of hydrogen-bond donors (Lipinski definition) is 2. The zero-order chi connectivity index (χ0) is 15.6. The lowest BCUT2D eigenvalue weighted by Gasteiger charge is -2.09. The second kappa shape index (κ2) is 6.22. The highest BCUT2D eigenvalue weighted by atomic mass is 79.9. The molecular formula is C12H11BrN2O4S2. The number of aromatic nitrogens is 1. The predicted molar refractivity (Wildman–Crippen MR) is 82.0 cm³/mol. The molecule has 0 aliphatic heterocycles. The second-order valence-electron chi connectivity index (χ2n) is 4.14. The number of nitrogens with one attached hydrogen (secondary N) is 1. The maximum atomic E-state index is 12.3. The summed E-state index contributed by atoms with van der Waals surface area (Å²) in [5.41, 5.74) is 2.31. The molecule has 2 N–H and O–H groups in total. The van der Waals surface area contributed by atoms with Crippen molar-refractivity contribution >= 4 is 43.3 Å². The van der Waals surface area contributed by atoms with Crippen molar-refractivity contribution in [3.05, 3.63) is 44.3 Å². The quantitative estimate of drug-likeness (QED) is 0.816. The average molecular weight is 391 g/mol. The van der Waals surface area contributed by atoms with E-state index in [0.717, 1.165) is 16.6 Å². The van der Waals surface area contributed by atoms with Gasteiger partial charge in [-0.25, -0.2) is 22.9 Å². The normalized spacial score (nSPS) is 11.5. The Morgan fingerprint density at radius 1 is 1.48 bits per heavy atom. The highest BCUT2D eigenvalue weighted by molar-refractivity contribution is 9.10. The number of hydrogen-bond acceptors (Lipinski definition) is 5. The predicted octanol–water partition coefficient (Wildman–Crippen LogP) is 2.39. The number of carbonyl (C=O) groups is 1. The third kappa shape index (κ3) is 3.67. The highest BCUT2D eigenvalue weighted by Crippen LogP contribution is 2.24. The summed E-state index contributed by atoms with van der Waals surface area (Å²) in [4.78, 5) is 15.7. The fourth-order valence-electron chi connectivity index (χ4n) is 1.58. The SMILES string of the molecule is Cc1ncsc1CNS(=O)(=O)c1cc(C(=O)O)ccc1Br. The van der Waals surface area contributed by atoms with Gasteiger partial charge in [-0.2, -0.15) is 0 Å². The molecule has 0 aliphatic carbocycles. The first kappa shape index (κ1) is 16.1. The fraction of sp³-hybridized carbons (Fsp3) is 0.167. The number of rotatable bonds is 5. The van der Waals surface area contributed by atoms with E-state index in [1.54, 1.807) is 12.4 Å². The number of nitrogens with zero attached hydrogens (tertiary/aromatic N) is 1. The Bertz CT molecular complexity index is 786. The second-order valence-corrected chi connectivity index (χ2v) is 7.66. The molecule has 0 spiro atoms. The molecular weight excluding hydrogens is 380 g/mol. The Balaban J connectivity index is 2.29. The van der Waals surface area contributed by atoms with Crippen LogP contribution in [0.25, 0.3) is 0 Å². The summed E-state index contributed by atoms with van der Waals surface area (Å²) in [5.74, 6) is -1.18. The van der Waals surface area contributed by atoms with Crippen LogP contribution in [0.5, 0.6) is 0 Å². The molecule has 0 aliphatic rings. The molecule has 0 amide bonds. The van der Waals surface area contributed by atoms with Crippen LogP contribution >= 0.6 is 27.3 Å². The lowest BCUT2D eigenvalue weighted by atomic mass is 10.2. The van der Waals surface area contributed by atoms with Crippen LogP contribution in [0.15, 0.2) is 33.1 Å². The molecule has 0 radical (unpaired) electrons. The number of aromatic carboxylic acids is 1. The van der Waals surface area contributed by atoms with Crippen LogP contribution in [0.1, 0.15) is 20.9 Å². The van der Waals surface area contributed by atoms with Gasteiger partial charge in [-0.3, -0.25) is 0 Å². The van der Waals surface area contributed by atoms with Crippen molar-refractivity contribution in [2.45, 2.75) is 18.4 Å². The van der Waals surface area contributed by atoms with E-state index in [2.05, 4.69) is 25.6 Å². The van der Waals surface area contributed by atoms with Crippen molar-refractivity contribution in [3.8, 4) is 0 Å². The van der Waals surface area contributed by atoms with Gasteiger partial charge in [0.05, 0.1) is 21.7 Å². The Labute approximate surface area is 134 Å². The van der Waals surface area contributed by atoms with Gasteiger partial charge in [0.2, 0.25) is 10.0 Å². The van der Waals surface area contributed by atoms with E-state index in [9.17, 15) is 13.2 Å². The molecule has 1 aromatic carbocycles. The summed E-state index contributed by atoms with van der Waals surface area (Å²) in [6.07, 6.45) is 0. The summed E-state index contributed by atoms with van der Waals surface area (Å²) in [5, 5.41) is 8.95. The maximum absolute atomic E-state index is 12.3. The molecule has 112 valence electrons. The lowest BCUT2D eigenvalue weighted by molar-refractivity contribution is 0.0696. The zero-order valence-corrected chi connectivity index (χ0v) is 14.0. The molecule has 1 aromatic heterocycles. The summed E-state index contributed by atoms with van der Waals surface area (Å²) < 4.78 is 27.3. The number of benzene rings is 1. The molecule has 0 saturated heterocycles. The first-order valence-corrected chi connectivity index (χ1v) is 8.88. The highest BCUT2D eigenvalue weighted by Gasteiger charge is 2.20. The average Bonchev–Trinajstić information content (AvgIpc) is 2.82. The van der Waals surface area contributed by atoms with Gasteiger partial charge in [-0.1, -0.05) is 0 Å². The zero-order valence-electron chi connectivity index (χ0n) is 10.8. The molecule has 0 bridgehead atoms. The molecule has 1 heterocycles.